The number of rotatable bonds is 1. The van der Waals surface area contributed by atoms with E-state index in [2.05, 4.69) is 13.8 Å². The van der Waals surface area contributed by atoms with Crippen LogP contribution in [0, 0.1) is 0 Å². The van der Waals surface area contributed by atoms with Gasteiger partial charge in [-0.15, -0.1) is 0 Å². The highest BCUT2D eigenvalue weighted by atomic mass is 32.2. The molecule has 1 heterocycles. The summed E-state index contributed by atoms with van der Waals surface area (Å²) in [7, 11) is 3.61. The summed E-state index contributed by atoms with van der Waals surface area (Å²) in [6.07, 6.45) is 0. The molecule has 0 saturated carbocycles. The molecule has 0 amide bonds. The second-order valence-corrected chi connectivity index (χ2v) is 5.24. The summed E-state index contributed by atoms with van der Waals surface area (Å²) in [4.78, 5) is 2.02. The Hall–Kier alpha value is 0.160. The Balaban J connectivity index is 2.87. The molecule has 12 heavy (non-hydrogen) atoms. The van der Waals surface area contributed by atoms with Crippen molar-refractivity contribution in [3.63, 3.8) is 0 Å². The van der Waals surface area contributed by atoms with Crippen LogP contribution < -0.4 is 0 Å². The lowest BCUT2D eigenvalue weighted by atomic mass is 10.0. The molecule has 70 valence electrons. The molecule has 5 heteroatoms. The maximum Gasteiger partial charge on any atom is 0.138 e. The molecule has 0 spiro atoms. The van der Waals surface area contributed by atoms with Crippen LogP contribution in [0.2, 0.25) is 0 Å². The highest BCUT2D eigenvalue weighted by Gasteiger charge is 2.44. The van der Waals surface area contributed by atoms with Crippen molar-refractivity contribution in [2.75, 3.05) is 14.1 Å². The van der Waals surface area contributed by atoms with E-state index < -0.39 is 0 Å². The van der Waals surface area contributed by atoms with Gasteiger partial charge in [-0.05, 0) is 13.8 Å². The van der Waals surface area contributed by atoms with Crippen molar-refractivity contribution in [2.45, 2.75) is 24.8 Å². The Morgan fingerprint density at radius 1 is 1.67 bits per heavy atom. The van der Waals surface area contributed by atoms with Gasteiger partial charge in [-0.2, -0.15) is 5.06 Å². The first-order valence-electron chi connectivity index (χ1n) is 3.73. The highest BCUT2D eigenvalue weighted by molar-refractivity contribution is 8.23. The Kier molecular flexibility index (Phi) is 2.68. The molecule has 1 atom stereocenters. The van der Waals surface area contributed by atoms with Crippen LogP contribution in [0.5, 0.6) is 0 Å². The lowest BCUT2D eigenvalue weighted by Crippen LogP contribution is -2.48. The smallest absolute Gasteiger partial charge is 0.138 e. The zero-order valence-corrected chi connectivity index (χ0v) is 9.37. The molecule has 1 aliphatic heterocycles. The fourth-order valence-corrected chi connectivity index (χ4v) is 2.95. The van der Waals surface area contributed by atoms with E-state index in [0.29, 0.717) is 0 Å². The van der Waals surface area contributed by atoms with Crippen molar-refractivity contribution in [1.29, 1.82) is 0 Å². The van der Waals surface area contributed by atoms with Crippen molar-refractivity contribution in [1.82, 2.24) is 9.96 Å². The van der Waals surface area contributed by atoms with Crippen molar-refractivity contribution in [2.24, 2.45) is 0 Å². The van der Waals surface area contributed by atoms with E-state index in [1.165, 1.54) is 16.8 Å². The summed E-state index contributed by atoms with van der Waals surface area (Å²) in [5, 5.41) is 10.6. The van der Waals surface area contributed by atoms with E-state index >= 15 is 0 Å². The normalized spacial score (nSPS) is 28.7. The first-order chi connectivity index (χ1) is 5.37. The number of likely N-dealkylation sites (N-methyl/N-ethyl adjacent to an activating group) is 2. The van der Waals surface area contributed by atoms with Gasteiger partial charge in [0.1, 0.15) is 9.69 Å². The van der Waals surface area contributed by atoms with Gasteiger partial charge < -0.3 is 10.1 Å². The molecule has 1 saturated heterocycles. The van der Waals surface area contributed by atoms with Crippen LogP contribution in [-0.2, 0) is 0 Å². The van der Waals surface area contributed by atoms with E-state index in [-0.39, 0.29) is 10.9 Å². The number of hydrogen-bond donors (Lipinski definition) is 1. The van der Waals surface area contributed by atoms with Gasteiger partial charge in [0.05, 0.1) is 5.54 Å². The number of hydroxylamine groups is 2. The van der Waals surface area contributed by atoms with Gasteiger partial charge in [0, 0.05) is 14.1 Å². The van der Waals surface area contributed by atoms with Gasteiger partial charge in [-0.25, -0.2) is 0 Å². The average molecular weight is 206 g/mol. The Morgan fingerprint density at radius 3 is 2.33 bits per heavy atom. The van der Waals surface area contributed by atoms with Gasteiger partial charge in [-0.1, -0.05) is 24.0 Å². The van der Waals surface area contributed by atoms with E-state index in [0.717, 1.165) is 4.32 Å². The molecule has 0 aromatic rings. The maximum atomic E-state index is 9.35. The average Bonchev–Trinajstić information content (AvgIpc) is 2.13. The second kappa shape index (κ2) is 3.14. The topological polar surface area (TPSA) is 26.7 Å². The van der Waals surface area contributed by atoms with Gasteiger partial charge in [0.2, 0.25) is 0 Å². The molecule has 0 radical (unpaired) electrons. The van der Waals surface area contributed by atoms with Gasteiger partial charge in [0.25, 0.3) is 0 Å². The van der Waals surface area contributed by atoms with Crippen molar-refractivity contribution in [3.8, 4) is 0 Å². The standard InChI is InChI=1S/C7H14N2OS2/c1-7(2)5(9(4)10)12-6(11)8(7)3/h5,10H,1-4H3/t5-/m1/s1. The summed E-state index contributed by atoms with van der Waals surface area (Å²) < 4.78 is 0.839. The third-order valence-electron chi connectivity index (χ3n) is 2.29. The lowest BCUT2D eigenvalue weighted by molar-refractivity contribution is -0.0987. The van der Waals surface area contributed by atoms with Crippen LogP contribution >= 0.6 is 24.0 Å². The molecule has 1 N–H and O–H groups in total. The summed E-state index contributed by atoms with van der Waals surface area (Å²) in [5.74, 6) is 0. The van der Waals surface area contributed by atoms with E-state index in [1.54, 1.807) is 7.05 Å². The molecule has 0 aliphatic carbocycles. The van der Waals surface area contributed by atoms with Crippen molar-refractivity contribution < 1.29 is 5.21 Å². The molecule has 0 aromatic carbocycles. The Morgan fingerprint density at radius 2 is 2.17 bits per heavy atom. The van der Waals surface area contributed by atoms with Crippen LogP contribution in [0.4, 0.5) is 0 Å². The zero-order valence-electron chi connectivity index (χ0n) is 7.74. The van der Waals surface area contributed by atoms with E-state index in [1.807, 2.05) is 11.9 Å². The van der Waals surface area contributed by atoms with Crippen LogP contribution in [0.3, 0.4) is 0 Å². The minimum atomic E-state index is -0.106. The quantitative estimate of drug-likeness (QED) is 0.516. The Bertz CT molecular complexity index is 206. The molecule has 3 nitrogen and oxygen atoms in total. The minimum Gasteiger partial charge on any atom is -0.353 e. The SMILES string of the molecule is CN(O)[C@@H]1SC(=S)N(C)C1(C)C. The summed E-state index contributed by atoms with van der Waals surface area (Å²) in [5.41, 5.74) is -0.106. The van der Waals surface area contributed by atoms with Crippen LogP contribution in [-0.4, -0.2) is 44.5 Å². The number of nitrogens with zero attached hydrogens (tertiary/aromatic N) is 2. The zero-order chi connectivity index (χ0) is 9.52. The predicted molar refractivity (Wildman–Crippen MR) is 55.4 cm³/mol. The fourth-order valence-electron chi connectivity index (χ4n) is 1.25. The highest BCUT2D eigenvalue weighted by Crippen LogP contribution is 2.39. The van der Waals surface area contributed by atoms with Crippen molar-refractivity contribution in [3.05, 3.63) is 0 Å². The maximum absolute atomic E-state index is 9.35. The predicted octanol–water partition coefficient (Wildman–Crippen LogP) is 1.38. The molecule has 0 bridgehead atoms. The molecular formula is C7H14N2OS2. The summed E-state index contributed by atoms with van der Waals surface area (Å²) >= 11 is 6.66. The molecule has 0 unspecified atom stereocenters. The number of thiocarbonyl (C=S) groups is 1. The minimum absolute atomic E-state index is 0.0231. The van der Waals surface area contributed by atoms with Crippen LogP contribution in [0.15, 0.2) is 0 Å². The summed E-state index contributed by atoms with van der Waals surface area (Å²) in [6.45, 7) is 4.13. The largest absolute Gasteiger partial charge is 0.353 e. The first-order valence-corrected chi connectivity index (χ1v) is 5.02. The van der Waals surface area contributed by atoms with Gasteiger partial charge in [0.15, 0.2) is 0 Å². The second-order valence-electron chi connectivity index (χ2n) is 3.52. The Labute approximate surface area is 82.7 Å². The molecule has 1 fully saturated rings. The molecule has 1 aliphatic rings. The first kappa shape index (κ1) is 10.2. The fraction of sp³-hybridized carbons (Fsp3) is 0.857. The number of hydrogen-bond acceptors (Lipinski definition) is 4. The van der Waals surface area contributed by atoms with Gasteiger partial charge in [-0.3, -0.25) is 0 Å². The lowest BCUT2D eigenvalue weighted by Gasteiger charge is -2.34. The monoisotopic (exact) mass is 206 g/mol. The molecule has 1 rings (SSSR count). The van der Waals surface area contributed by atoms with Crippen LogP contribution in [0.1, 0.15) is 13.8 Å². The van der Waals surface area contributed by atoms with Crippen LogP contribution in [0.25, 0.3) is 0 Å². The molecular weight excluding hydrogens is 192 g/mol. The molecule has 0 aromatic heterocycles. The summed E-state index contributed by atoms with van der Waals surface area (Å²) in [6, 6.07) is 0. The third-order valence-corrected chi connectivity index (χ3v) is 4.44. The van der Waals surface area contributed by atoms with Gasteiger partial charge >= 0.3 is 0 Å². The van der Waals surface area contributed by atoms with E-state index in [9.17, 15) is 5.21 Å². The number of thioether (sulfide) groups is 1. The van der Waals surface area contributed by atoms with E-state index in [4.69, 9.17) is 12.2 Å². The third kappa shape index (κ3) is 1.46. The van der Waals surface area contributed by atoms with Crippen molar-refractivity contribution >= 4 is 28.3 Å².